The normalized spacial score (nSPS) is 27.3. The third kappa shape index (κ3) is 2.08. The maximum atomic E-state index is 11.5. The number of rotatable bonds is 4. The van der Waals surface area contributed by atoms with E-state index >= 15 is 0 Å². The summed E-state index contributed by atoms with van der Waals surface area (Å²) in [6.45, 7) is 6.02. The number of nitrogens with one attached hydrogen (secondary N) is 1. The van der Waals surface area contributed by atoms with E-state index in [1.165, 1.54) is 0 Å². The van der Waals surface area contributed by atoms with Crippen LogP contribution in [0.15, 0.2) is 4.99 Å². The number of aliphatic imine (C=N–C) groups is 1. The first-order chi connectivity index (χ1) is 6.12. The molecule has 0 aliphatic carbocycles. The Bertz CT molecular complexity index is 235. The van der Waals surface area contributed by atoms with Crippen LogP contribution in [0.1, 0.15) is 46.5 Å². The van der Waals surface area contributed by atoms with Crippen LogP contribution in [-0.4, -0.2) is 17.3 Å². The van der Waals surface area contributed by atoms with E-state index in [-0.39, 0.29) is 5.91 Å². The Hall–Kier alpha value is -0.860. The summed E-state index contributed by atoms with van der Waals surface area (Å²) < 4.78 is 0. The molecule has 0 radical (unpaired) electrons. The fourth-order valence-electron chi connectivity index (χ4n) is 1.34. The lowest BCUT2D eigenvalue weighted by molar-refractivity contribution is -0.123. The third-order valence-corrected chi connectivity index (χ3v) is 2.58. The molecular formula is C10H18N2O. The molecule has 0 bridgehead atoms. The van der Waals surface area contributed by atoms with E-state index in [4.69, 9.17) is 0 Å². The molecule has 1 unspecified atom stereocenters. The van der Waals surface area contributed by atoms with Gasteiger partial charge in [-0.1, -0.05) is 20.3 Å². The average molecular weight is 182 g/mol. The molecule has 1 amide bonds. The van der Waals surface area contributed by atoms with Crippen molar-refractivity contribution in [3.05, 3.63) is 0 Å². The predicted molar refractivity (Wildman–Crippen MR) is 53.8 cm³/mol. The van der Waals surface area contributed by atoms with E-state index in [0.717, 1.165) is 31.5 Å². The molecule has 0 saturated carbocycles. The minimum absolute atomic E-state index is 0.0566. The van der Waals surface area contributed by atoms with Gasteiger partial charge in [0, 0.05) is 6.42 Å². The van der Waals surface area contributed by atoms with Crippen LogP contribution in [0, 0.1) is 0 Å². The molecule has 1 atom stereocenters. The van der Waals surface area contributed by atoms with Crippen molar-refractivity contribution in [1.82, 2.24) is 5.32 Å². The number of amides is 1. The summed E-state index contributed by atoms with van der Waals surface area (Å²) in [5.74, 6) is 0.928. The Kier molecular flexibility index (Phi) is 3.07. The van der Waals surface area contributed by atoms with Crippen LogP contribution < -0.4 is 5.32 Å². The van der Waals surface area contributed by atoms with Crippen LogP contribution in [0.3, 0.4) is 0 Å². The van der Waals surface area contributed by atoms with Crippen molar-refractivity contribution in [3.63, 3.8) is 0 Å². The van der Waals surface area contributed by atoms with Gasteiger partial charge in [0.15, 0.2) is 0 Å². The molecule has 1 aliphatic rings. The smallest absolute Gasteiger partial charge is 0.252 e. The molecule has 74 valence electrons. The molecular weight excluding hydrogens is 164 g/mol. The second-order valence-corrected chi connectivity index (χ2v) is 3.74. The highest BCUT2D eigenvalue weighted by Gasteiger charge is 2.36. The number of hydrogen-bond donors (Lipinski definition) is 1. The van der Waals surface area contributed by atoms with Crippen molar-refractivity contribution in [2.45, 2.75) is 52.0 Å². The lowest BCUT2D eigenvalue weighted by Gasteiger charge is -2.13. The van der Waals surface area contributed by atoms with Gasteiger partial charge in [-0.25, -0.2) is 0 Å². The molecule has 13 heavy (non-hydrogen) atoms. The monoisotopic (exact) mass is 182 g/mol. The second-order valence-electron chi connectivity index (χ2n) is 3.74. The van der Waals surface area contributed by atoms with E-state index in [1.54, 1.807) is 0 Å². The lowest BCUT2D eigenvalue weighted by Crippen LogP contribution is -2.36. The summed E-state index contributed by atoms with van der Waals surface area (Å²) in [6, 6.07) is 0. The summed E-state index contributed by atoms with van der Waals surface area (Å²) >= 11 is 0. The van der Waals surface area contributed by atoms with Crippen molar-refractivity contribution < 1.29 is 4.79 Å². The molecule has 3 heteroatoms. The Labute approximate surface area is 79.6 Å². The molecule has 0 aromatic rings. The van der Waals surface area contributed by atoms with Crippen molar-refractivity contribution in [2.24, 2.45) is 4.99 Å². The van der Waals surface area contributed by atoms with Crippen LogP contribution in [0.4, 0.5) is 0 Å². The first kappa shape index (κ1) is 10.2. The summed E-state index contributed by atoms with van der Waals surface area (Å²) in [7, 11) is 0. The van der Waals surface area contributed by atoms with Crippen molar-refractivity contribution in [3.8, 4) is 0 Å². The van der Waals surface area contributed by atoms with Gasteiger partial charge >= 0.3 is 0 Å². The minimum atomic E-state index is -0.497. The predicted octanol–water partition coefficient (Wildman–Crippen LogP) is 1.87. The van der Waals surface area contributed by atoms with E-state index in [1.807, 2.05) is 13.8 Å². The van der Waals surface area contributed by atoms with Gasteiger partial charge in [-0.2, -0.15) is 0 Å². The highest BCUT2D eigenvalue weighted by Crippen LogP contribution is 2.20. The van der Waals surface area contributed by atoms with Gasteiger partial charge in [0.25, 0.3) is 5.91 Å². The van der Waals surface area contributed by atoms with E-state index in [0.29, 0.717) is 0 Å². The number of nitrogens with zero attached hydrogens (tertiary/aromatic N) is 1. The van der Waals surface area contributed by atoms with Gasteiger partial charge in [-0.05, 0) is 19.8 Å². The summed E-state index contributed by atoms with van der Waals surface area (Å²) in [6.07, 6.45) is 3.91. The topological polar surface area (TPSA) is 41.5 Å². The van der Waals surface area contributed by atoms with Gasteiger partial charge < -0.3 is 5.32 Å². The van der Waals surface area contributed by atoms with Crippen molar-refractivity contribution in [1.29, 1.82) is 0 Å². The average Bonchev–Trinajstić information content (AvgIpc) is 2.40. The number of carbonyl (C=O) groups is 1. The Morgan fingerprint density at radius 2 is 2.15 bits per heavy atom. The molecule has 1 rings (SSSR count). The quantitative estimate of drug-likeness (QED) is 0.708. The molecule has 0 aromatic heterocycles. The fraction of sp³-hybridized carbons (Fsp3) is 0.800. The Morgan fingerprint density at radius 3 is 2.62 bits per heavy atom. The van der Waals surface area contributed by atoms with Crippen LogP contribution in [0.25, 0.3) is 0 Å². The van der Waals surface area contributed by atoms with Gasteiger partial charge in [0.1, 0.15) is 11.4 Å². The van der Waals surface area contributed by atoms with Gasteiger partial charge in [-0.3, -0.25) is 9.79 Å². The molecule has 0 saturated heterocycles. The minimum Gasteiger partial charge on any atom is -0.312 e. The first-order valence-corrected chi connectivity index (χ1v) is 5.02. The fourth-order valence-corrected chi connectivity index (χ4v) is 1.34. The van der Waals surface area contributed by atoms with Crippen LogP contribution >= 0.6 is 0 Å². The van der Waals surface area contributed by atoms with E-state index < -0.39 is 5.54 Å². The zero-order valence-corrected chi connectivity index (χ0v) is 8.68. The van der Waals surface area contributed by atoms with E-state index in [2.05, 4.69) is 17.2 Å². The summed E-state index contributed by atoms with van der Waals surface area (Å²) in [5, 5.41) is 2.84. The van der Waals surface area contributed by atoms with Gasteiger partial charge in [0.2, 0.25) is 0 Å². The molecule has 1 heterocycles. The second kappa shape index (κ2) is 3.90. The standard InChI is InChI=1S/C10H18N2O/c1-4-6-7-8-11-9(13)10(3,5-2)12-8/h4-7H2,1-3H3,(H,11,12,13). The maximum Gasteiger partial charge on any atom is 0.252 e. The Balaban J connectivity index is 2.61. The number of hydrogen-bond acceptors (Lipinski definition) is 2. The SMILES string of the molecule is CCCCC1=NC(C)(CC)C(=O)N1. The van der Waals surface area contributed by atoms with Crippen LogP contribution in [0.2, 0.25) is 0 Å². The Morgan fingerprint density at radius 1 is 1.46 bits per heavy atom. The number of unbranched alkanes of at least 4 members (excludes halogenated alkanes) is 1. The van der Waals surface area contributed by atoms with Gasteiger partial charge in [0.05, 0.1) is 0 Å². The maximum absolute atomic E-state index is 11.5. The van der Waals surface area contributed by atoms with Crippen molar-refractivity contribution in [2.75, 3.05) is 0 Å². The highest BCUT2D eigenvalue weighted by molar-refractivity contribution is 6.07. The van der Waals surface area contributed by atoms with Gasteiger partial charge in [-0.15, -0.1) is 0 Å². The zero-order chi connectivity index (χ0) is 9.90. The molecule has 3 nitrogen and oxygen atoms in total. The molecule has 0 spiro atoms. The number of carbonyl (C=O) groups excluding carboxylic acids is 1. The molecule has 0 aromatic carbocycles. The lowest BCUT2D eigenvalue weighted by atomic mass is 10.0. The largest absolute Gasteiger partial charge is 0.312 e. The first-order valence-electron chi connectivity index (χ1n) is 5.02. The van der Waals surface area contributed by atoms with Crippen LogP contribution in [-0.2, 0) is 4.79 Å². The third-order valence-electron chi connectivity index (χ3n) is 2.58. The van der Waals surface area contributed by atoms with Crippen LogP contribution in [0.5, 0.6) is 0 Å². The summed E-state index contributed by atoms with van der Waals surface area (Å²) in [5.41, 5.74) is -0.497. The number of amidine groups is 1. The summed E-state index contributed by atoms with van der Waals surface area (Å²) in [4.78, 5) is 15.9. The zero-order valence-electron chi connectivity index (χ0n) is 8.68. The van der Waals surface area contributed by atoms with Crippen molar-refractivity contribution >= 4 is 11.7 Å². The van der Waals surface area contributed by atoms with E-state index in [9.17, 15) is 4.79 Å². The highest BCUT2D eigenvalue weighted by atomic mass is 16.2. The molecule has 1 N–H and O–H groups in total. The molecule has 0 fully saturated rings. The molecule has 1 aliphatic heterocycles.